The maximum atomic E-state index is 13.1. The largest absolute Gasteiger partial charge is 0.493 e. The van der Waals surface area contributed by atoms with Crippen LogP contribution in [-0.2, 0) is 0 Å². The molecule has 0 radical (unpaired) electrons. The molecule has 0 saturated carbocycles. The van der Waals surface area contributed by atoms with Gasteiger partial charge in [0.1, 0.15) is 12.1 Å². The first-order valence-corrected chi connectivity index (χ1v) is 11.2. The number of aromatic nitrogens is 4. The van der Waals surface area contributed by atoms with Gasteiger partial charge in [-0.25, -0.2) is 15.0 Å². The monoisotopic (exact) mass is 495 g/mol. The van der Waals surface area contributed by atoms with Crippen LogP contribution in [0.5, 0.6) is 11.5 Å². The van der Waals surface area contributed by atoms with Crippen LogP contribution in [0.15, 0.2) is 52.3 Å². The fourth-order valence-corrected chi connectivity index (χ4v) is 4.71. The van der Waals surface area contributed by atoms with E-state index in [1.165, 1.54) is 0 Å². The Balaban J connectivity index is 1.43. The first-order chi connectivity index (χ1) is 15.6. The molecular weight excluding hydrogens is 474 g/mol. The number of anilines is 1. The fourth-order valence-electron chi connectivity index (χ4n) is 4.35. The molecule has 2 aromatic carbocycles. The lowest BCUT2D eigenvalue weighted by Crippen LogP contribution is -2.38. The van der Waals surface area contributed by atoms with Gasteiger partial charge in [-0.3, -0.25) is 9.36 Å². The van der Waals surface area contributed by atoms with Crippen molar-refractivity contribution in [1.82, 2.24) is 19.5 Å². The van der Waals surface area contributed by atoms with Gasteiger partial charge in [-0.2, -0.15) is 0 Å². The van der Waals surface area contributed by atoms with Crippen LogP contribution in [0.25, 0.3) is 21.8 Å². The van der Waals surface area contributed by atoms with Gasteiger partial charge in [0, 0.05) is 35.1 Å². The van der Waals surface area contributed by atoms with Crippen molar-refractivity contribution in [3.05, 3.63) is 57.8 Å². The van der Waals surface area contributed by atoms with Crippen LogP contribution >= 0.6 is 15.9 Å². The van der Waals surface area contributed by atoms with Crippen molar-refractivity contribution in [2.45, 2.75) is 18.9 Å². The molecule has 1 fully saturated rings. The van der Waals surface area contributed by atoms with Gasteiger partial charge in [0.25, 0.3) is 5.56 Å². The fraction of sp³-hybridized carbons (Fsp3) is 0.304. The molecule has 0 N–H and O–H groups in total. The first-order valence-electron chi connectivity index (χ1n) is 10.4. The van der Waals surface area contributed by atoms with Crippen molar-refractivity contribution in [2.75, 3.05) is 32.2 Å². The Morgan fingerprint density at radius 1 is 0.938 bits per heavy atom. The zero-order chi connectivity index (χ0) is 22.2. The predicted molar refractivity (Wildman–Crippen MR) is 127 cm³/mol. The molecule has 4 aromatic rings. The van der Waals surface area contributed by atoms with E-state index in [0.717, 1.165) is 47.1 Å². The second kappa shape index (κ2) is 8.38. The number of ether oxygens (including phenoxy) is 2. The third-order valence-corrected chi connectivity index (χ3v) is 6.52. The molecule has 0 bridgehead atoms. The molecule has 0 atom stereocenters. The van der Waals surface area contributed by atoms with Crippen LogP contribution in [0, 0.1) is 0 Å². The minimum atomic E-state index is -0.000864. The summed E-state index contributed by atoms with van der Waals surface area (Å²) in [7, 11) is 3.23. The second-order valence-corrected chi connectivity index (χ2v) is 8.67. The lowest BCUT2D eigenvalue weighted by molar-refractivity contribution is 0.355. The Hall–Kier alpha value is -3.20. The lowest BCUT2D eigenvalue weighted by Gasteiger charge is -2.34. The smallest absolute Gasteiger partial charge is 0.261 e. The zero-order valence-corrected chi connectivity index (χ0v) is 19.4. The Bertz CT molecular complexity index is 1370. The van der Waals surface area contributed by atoms with Gasteiger partial charge < -0.3 is 14.4 Å². The molecule has 164 valence electrons. The standard InChI is InChI=1S/C23H22BrN5O3/c1-31-20-10-16-19(11-21(20)32-2)25-12-26-22(16)28-7-5-15(6-8-28)29-13-27-18-4-3-14(24)9-17(18)23(29)30/h3-4,9-13,15H,5-8H2,1-2H3. The van der Waals surface area contributed by atoms with Crippen molar-refractivity contribution in [1.29, 1.82) is 0 Å². The van der Waals surface area contributed by atoms with E-state index in [0.29, 0.717) is 22.4 Å². The van der Waals surface area contributed by atoms with E-state index in [1.807, 2.05) is 30.3 Å². The number of piperidine rings is 1. The van der Waals surface area contributed by atoms with Crippen LogP contribution in [0.4, 0.5) is 5.82 Å². The molecule has 1 aliphatic rings. The molecule has 9 heteroatoms. The van der Waals surface area contributed by atoms with E-state index in [4.69, 9.17) is 9.47 Å². The summed E-state index contributed by atoms with van der Waals surface area (Å²) in [4.78, 5) is 28.8. The molecule has 8 nitrogen and oxygen atoms in total. The molecule has 0 spiro atoms. The Kier molecular flexibility index (Phi) is 5.42. The molecule has 0 unspecified atom stereocenters. The van der Waals surface area contributed by atoms with Gasteiger partial charge in [-0.1, -0.05) is 15.9 Å². The molecule has 1 saturated heterocycles. The topological polar surface area (TPSA) is 82.4 Å². The number of halogens is 1. The molecule has 5 rings (SSSR count). The van der Waals surface area contributed by atoms with Gasteiger partial charge in [0.15, 0.2) is 11.5 Å². The Morgan fingerprint density at radius 2 is 1.69 bits per heavy atom. The maximum absolute atomic E-state index is 13.1. The highest BCUT2D eigenvalue weighted by molar-refractivity contribution is 9.10. The van der Waals surface area contributed by atoms with E-state index >= 15 is 0 Å². The SMILES string of the molecule is COc1cc2ncnc(N3CCC(n4cnc5ccc(Br)cc5c4=O)CC3)c2cc1OC. The summed E-state index contributed by atoms with van der Waals surface area (Å²) in [5, 5.41) is 1.55. The maximum Gasteiger partial charge on any atom is 0.261 e. The predicted octanol–water partition coefficient (Wildman–Crippen LogP) is 3.96. The van der Waals surface area contributed by atoms with Crippen molar-refractivity contribution >= 4 is 43.6 Å². The average Bonchev–Trinajstić information content (AvgIpc) is 2.83. The van der Waals surface area contributed by atoms with E-state index < -0.39 is 0 Å². The molecule has 2 aromatic heterocycles. The van der Waals surface area contributed by atoms with Crippen molar-refractivity contribution < 1.29 is 9.47 Å². The van der Waals surface area contributed by atoms with Crippen LogP contribution in [0.1, 0.15) is 18.9 Å². The van der Waals surface area contributed by atoms with Gasteiger partial charge in [0.2, 0.25) is 0 Å². The minimum absolute atomic E-state index is 0.000864. The van der Waals surface area contributed by atoms with Crippen LogP contribution in [0.3, 0.4) is 0 Å². The third-order valence-electron chi connectivity index (χ3n) is 6.02. The molecule has 3 heterocycles. The zero-order valence-electron chi connectivity index (χ0n) is 17.8. The van der Waals surface area contributed by atoms with E-state index in [2.05, 4.69) is 35.8 Å². The molecular formula is C23H22BrN5O3. The Labute approximate surface area is 193 Å². The van der Waals surface area contributed by atoms with Crippen LogP contribution in [-0.4, -0.2) is 46.8 Å². The van der Waals surface area contributed by atoms with Gasteiger partial charge in [-0.15, -0.1) is 0 Å². The number of hydrogen-bond acceptors (Lipinski definition) is 7. The minimum Gasteiger partial charge on any atom is -0.493 e. The van der Waals surface area contributed by atoms with E-state index in [-0.39, 0.29) is 11.6 Å². The summed E-state index contributed by atoms with van der Waals surface area (Å²) in [6.07, 6.45) is 4.89. The summed E-state index contributed by atoms with van der Waals surface area (Å²) in [6, 6.07) is 9.48. The first kappa shape index (κ1) is 20.7. The summed E-state index contributed by atoms with van der Waals surface area (Å²) >= 11 is 3.45. The van der Waals surface area contributed by atoms with E-state index in [1.54, 1.807) is 31.4 Å². The average molecular weight is 496 g/mol. The van der Waals surface area contributed by atoms with Crippen LogP contribution < -0.4 is 19.9 Å². The highest BCUT2D eigenvalue weighted by Crippen LogP contribution is 2.36. The summed E-state index contributed by atoms with van der Waals surface area (Å²) in [5.74, 6) is 2.14. The summed E-state index contributed by atoms with van der Waals surface area (Å²) in [5.41, 5.74) is 1.51. The number of nitrogens with zero attached hydrogens (tertiary/aromatic N) is 5. The van der Waals surface area contributed by atoms with Crippen LogP contribution in [0.2, 0.25) is 0 Å². The van der Waals surface area contributed by atoms with E-state index in [9.17, 15) is 4.79 Å². The van der Waals surface area contributed by atoms with Crippen molar-refractivity contribution in [3.63, 3.8) is 0 Å². The number of benzene rings is 2. The molecule has 1 aliphatic heterocycles. The number of hydrogen-bond donors (Lipinski definition) is 0. The molecule has 32 heavy (non-hydrogen) atoms. The number of rotatable bonds is 4. The number of methoxy groups -OCH3 is 2. The lowest BCUT2D eigenvalue weighted by atomic mass is 10.0. The van der Waals surface area contributed by atoms with Crippen molar-refractivity contribution in [2.24, 2.45) is 0 Å². The Morgan fingerprint density at radius 3 is 2.44 bits per heavy atom. The molecule has 0 aliphatic carbocycles. The van der Waals surface area contributed by atoms with Gasteiger partial charge in [0.05, 0.1) is 37.0 Å². The van der Waals surface area contributed by atoms with Gasteiger partial charge in [-0.05, 0) is 37.1 Å². The van der Waals surface area contributed by atoms with Crippen molar-refractivity contribution in [3.8, 4) is 11.5 Å². The highest BCUT2D eigenvalue weighted by Gasteiger charge is 2.24. The summed E-state index contributed by atoms with van der Waals surface area (Å²) < 4.78 is 13.5. The third kappa shape index (κ3) is 3.56. The quantitative estimate of drug-likeness (QED) is 0.423. The summed E-state index contributed by atoms with van der Waals surface area (Å²) in [6.45, 7) is 1.54. The number of fused-ring (bicyclic) bond motifs is 2. The van der Waals surface area contributed by atoms with Gasteiger partial charge >= 0.3 is 0 Å². The molecule has 0 amide bonds. The highest BCUT2D eigenvalue weighted by atomic mass is 79.9. The second-order valence-electron chi connectivity index (χ2n) is 7.76. The normalized spacial score (nSPS) is 14.8.